The van der Waals surface area contributed by atoms with Gasteiger partial charge in [-0.3, -0.25) is 0 Å². The van der Waals surface area contributed by atoms with Gasteiger partial charge in [-0.25, -0.2) is 0 Å². The molecule has 0 amide bonds. The summed E-state index contributed by atoms with van der Waals surface area (Å²) in [7, 11) is 0. The van der Waals surface area contributed by atoms with Crippen molar-refractivity contribution >= 4 is 16.6 Å². The quantitative estimate of drug-likeness (QED) is 0.620. The smallest absolute Gasteiger partial charge is 0.372 e. The normalized spacial score (nSPS) is 11.3. The first-order valence-electron chi connectivity index (χ1n) is 8.47. The Morgan fingerprint density at radius 1 is 0.923 bits per heavy atom. The van der Waals surface area contributed by atoms with E-state index in [1.54, 1.807) is 0 Å². The van der Waals surface area contributed by atoms with E-state index < -0.39 is 11.7 Å². The summed E-state index contributed by atoms with van der Waals surface area (Å²) in [6.07, 6.45) is -4.33. The summed E-state index contributed by atoms with van der Waals surface area (Å²) >= 11 is 0. The molecule has 0 spiro atoms. The van der Waals surface area contributed by atoms with Gasteiger partial charge in [0.15, 0.2) is 0 Å². The summed E-state index contributed by atoms with van der Waals surface area (Å²) in [6.45, 7) is 6.10. The van der Waals surface area contributed by atoms with Crippen LogP contribution in [0.3, 0.4) is 0 Å². The fourth-order valence-corrected chi connectivity index (χ4v) is 2.85. The van der Waals surface area contributed by atoms with Gasteiger partial charge < -0.3 is 9.88 Å². The van der Waals surface area contributed by atoms with Gasteiger partial charge in [-0.05, 0) is 62.2 Å². The molecule has 3 rings (SSSR count). The second kappa shape index (κ2) is 7.17. The van der Waals surface area contributed by atoms with E-state index in [0.717, 1.165) is 47.5 Å². The van der Waals surface area contributed by atoms with Crippen molar-refractivity contribution in [3.8, 4) is 11.8 Å². The van der Waals surface area contributed by atoms with Crippen LogP contribution in [-0.2, 0) is 6.18 Å². The lowest BCUT2D eigenvalue weighted by Gasteiger charge is -2.20. The highest BCUT2D eigenvalue weighted by atomic mass is 19.4. The Balaban J connectivity index is 1.85. The van der Waals surface area contributed by atoms with Gasteiger partial charge in [0.05, 0.1) is 11.3 Å². The predicted molar refractivity (Wildman–Crippen MR) is 99.3 cm³/mol. The number of halogens is 3. The highest BCUT2D eigenvalue weighted by Crippen LogP contribution is 2.29. The van der Waals surface area contributed by atoms with Gasteiger partial charge in [-0.2, -0.15) is 13.2 Å². The van der Waals surface area contributed by atoms with Crippen LogP contribution in [0.15, 0.2) is 48.5 Å². The van der Waals surface area contributed by atoms with Crippen LogP contribution in [0, 0.1) is 11.8 Å². The maximum atomic E-state index is 12.6. The number of alkyl halides is 3. The van der Waals surface area contributed by atoms with Gasteiger partial charge in [0.1, 0.15) is 0 Å². The summed E-state index contributed by atoms with van der Waals surface area (Å²) in [5, 5.41) is 1.05. The van der Waals surface area contributed by atoms with E-state index in [-0.39, 0.29) is 0 Å². The van der Waals surface area contributed by atoms with Crippen LogP contribution in [0.5, 0.6) is 0 Å². The van der Waals surface area contributed by atoms with E-state index >= 15 is 0 Å². The number of nitrogens with one attached hydrogen (secondary N) is 1. The summed E-state index contributed by atoms with van der Waals surface area (Å²) < 4.78 is 37.8. The minimum atomic E-state index is -4.33. The summed E-state index contributed by atoms with van der Waals surface area (Å²) in [6, 6.07) is 13.0. The lowest BCUT2D eigenvalue weighted by molar-refractivity contribution is -0.137. The van der Waals surface area contributed by atoms with E-state index in [1.807, 2.05) is 12.1 Å². The van der Waals surface area contributed by atoms with E-state index in [1.165, 1.54) is 12.1 Å². The summed E-state index contributed by atoms with van der Waals surface area (Å²) in [4.78, 5) is 5.52. The second-order valence-corrected chi connectivity index (χ2v) is 5.95. The van der Waals surface area contributed by atoms with Gasteiger partial charge in [-0.1, -0.05) is 12.0 Å². The molecule has 26 heavy (non-hydrogen) atoms. The third kappa shape index (κ3) is 3.85. The lowest BCUT2D eigenvalue weighted by Crippen LogP contribution is -2.21. The Labute approximate surface area is 150 Å². The fraction of sp³-hybridized carbons (Fsp3) is 0.238. The van der Waals surface area contributed by atoms with E-state index in [4.69, 9.17) is 0 Å². The van der Waals surface area contributed by atoms with Gasteiger partial charge >= 0.3 is 6.18 Å². The molecule has 3 aromatic rings. The van der Waals surface area contributed by atoms with Crippen molar-refractivity contribution in [2.75, 3.05) is 18.0 Å². The van der Waals surface area contributed by atoms with Crippen molar-refractivity contribution < 1.29 is 13.2 Å². The molecule has 0 saturated carbocycles. The Hall–Kier alpha value is -2.87. The van der Waals surface area contributed by atoms with Crippen molar-refractivity contribution in [1.82, 2.24) is 4.98 Å². The number of aromatic amines is 1. The number of rotatable bonds is 3. The van der Waals surface area contributed by atoms with E-state index in [9.17, 15) is 13.2 Å². The molecule has 0 bridgehead atoms. The molecule has 0 aliphatic rings. The Morgan fingerprint density at radius 2 is 1.62 bits per heavy atom. The molecule has 0 radical (unpaired) electrons. The zero-order chi connectivity index (χ0) is 18.7. The highest BCUT2D eigenvalue weighted by molar-refractivity contribution is 5.85. The van der Waals surface area contributed by atoms with Crippen molar-refractivity contribution in [1.29, 1.82) is 0 Å². The molecular weight excluding hydrogens is 337 g/mol. The largest absolute Gasteiger partial charge is 0.416 e. The van der Waals surface area contributed by atoms with Crippen LogP contribution in [0.1, 0.15) is 30.7 Å². The molecule has 1 aromatic heterocycles. The van der Waals surface area contributed by atoms with Crippen LogP contribution in [-0.4, -0.2) is 18.1 Å². The number of hydrogen-bond acceptors (Lipinski definition) is 1. The molecule has 1 heterocycles. The standard InChI is InChI=1S/C21H19F3N2/c1-3-26(4-2)19-12-8-16-13-18(25-20(16)14-19)11-7-15-5-9-17(10-6-15)21(22,23)24/h5-6,8-10,12-14,25H,3-4H2,1-2H3. The number of anilines is 1. The third-order valence-corrected chi connectivity index (χ3v) is 4.29. The molecule has 0 aliphatic heterocycles. The summed E-state index contributed by atoms with van der Waals surface area (Å²) in [5.74, 6) is 5.89. The number of hydrogen-bond donors (Lipinski definition) is 1. The molecule has 0 unspecified atom stereocenters. The van der Waals surface area contributed by atoms with Gasteiger partial charge in [0, 0.05) is 35.2 Å². The molecule has 0 saturated heterocycles. The van der Waals surface area contributed by atoms with Crippen molar-refractivity contribution in [2.24, 2.45) is 0 Å². The molecule has 0 fully saturated rings. The number of aromatic nitrogens is 1. The first-order valence-corrected chi connectivity index (χ1v) is 8.47. The molecule has 1 N–H and O–H groups in total. The van der Waals surface area contributed by atoms with E-state index in [0.29, 0.717) is 5.56 Å². The lowest BCUT2D eigenvalue weighted by atomic mass is 10.1. The zero-order valence-corrected chi connectivity index (χ0v) is 14.6. The number of fused-ring (bicyclic) bond motifs is 1. The average Bonchev–Trinajstić information content (AvgIpc) is 3.03. The Bertz CT molecular complexity index is 953. The topological polar surface area (TPSA) is 19.0 Å². The molecule has 134 valence electrons. The fourth-order valence-electron chi connectivity index (χ4n) is 2.85. The first kappa shape index (κ1) is 17.9. The predicted octanol–water partition coefficient (Wildman–Crippen LogP) is 5.43. The van der Waals surface area contributed by atoms with Crippen molar-refractivity contribution in [3.05, 3.63) is 65.4 Å². The minimum Gasteiger partial charge on any atom is -0.372 e. The molecule has 0 atom stereocenters. The van der Waals surface area contributed by atoms with Crippen LogP contribution in [0.4, 0.5) is 18.9 Å². The van der Waals surface area contributed by atoms with Gasteiger partial charge in [0.25, 0.3) is 0 Å². The van der Waals surface area contributed by atoms with Crippen LogP contribution in [0.2, 0.25) is 0 Å². The number of nitrogens with zero attached hydrogens (tertiary/aromatic N) is 1. The van der Waals surface area contributed by atoms with Crippen molar-refractivity contribution in [3.63, 3.8) is 0 Å². The average molecular weight is 356 g/mol. The SMILES string of the molecule is CCN(CC)c1ccc2cc(C#Cc3ccc(C(F)(F)F)cc3)[nH]c2c1. The number of benzene rings is 2. The van der Waals surface area contributed by atoms with E-state index in [2.05, 4.69) is 47.7 Å². The highest BCUT2D eigenvalue weighted by Gasteiger charge is 2.29. The maximum Gasteiger partial charge on any atom is 0.416 e. The van der Waals surface area contributed by atoms with Gasteiger partial charge in [0.2, 0.25) is 0 Å². The molecule has 2 nitrogen and oxygen atoms in total. The van der Waals surface area contributed by atoms with Crippen LogP contribution >= 0.6 is 0 Å². The van der Waals surface area contributed by atoms with Gasteiger partial charge in [-0.15, -0.1) is 0 Å². The Kier molecular flexibility index (Phi) is 4.94. The Morgan fingerprint density at radius 3 is 2.23 bits per heavy atom. The van der Waals surface area contributed by atoms with Crippen molar-refractivity contribution in [2.45, 2.75) is 20.0 Å². The monoisotopic (exact) mass is 356 g/mol. The first-order chi connectivity index (χ1) is 12.4. The third-order valence-electron chi connectivity index (χ3n) is 4.29. The molecular formula is C21H19F3N2. The number of H-pyrrole nitrogens is 1. The van der Waals surface area contributed by atoms with Crippen LogP contribution in [0.25, 0.3) is 10.9 Å². The molecule has 0 aliphatic carbocycles. The van der Waals surface area contributed by atoms with Crippen LogP contribution < -0.4 is 4.90 Å². The second-order valence-electron chi connectivity index (χ2n) is 5.95. The maximum absolute atomic E-state index is 12.6. The minimum absolute atomic E-state index is 0.542. The molecule has 2 aromatic carbocycles. The summed E-state index contributed by atoms with van der Waals surface area (Å²) in [5.41, 5.74) is 2.74. The zero-order valence-electron chi connectivity index (χ0n) is 14.6. The molecule has 5 heteroatoms.